The number of nitrogens with zero attached hydrogens (tertiary/aromatic N) is 2. The van der Waals surface area contributed by atoms with Gasteiger partial charge in [0.25, 0.3) is 0 Å². The van der Waals surface area contributed by atoms with Crippen molar-refractivity contribution in [3.8, 4) is 0 Å². The molecule has 1 unspecified atom stereocenters. The van der Waals surface area contributed by atoms with Crippen LogP contribution in [0.4, 0.5) is 5.82 Å². The maximum Gasteiger partial charge on any atom is 0.144 e. The number of nitrogens with one attached hydrogen (secondary N) is 1. The molecule has 0 bridgehead atoms. The van der Waals surface area contributed by atoms with Crippen molar-refractivity contribution in [3.63, 3.8) is 0 Å². The standard InChI is InChI=1S/C15H26N4/c1-12(2)13-6-4-9-19(10-7-13)11-14-5-3-8-17-15(14)18-16/h3,5,8,12-13H,4,6-7,9-11,16H2,1-2H3,(H,17,18). The summed E-state index contributed by atoms with van der Waals surface area (Å²) in [5, 5.41) is 0. The zero-order valence-electron chi connectivity index (χ0n) is 12.1. The summed E-state index contributed by atoms with van der Waals surface area (Å²) in [7, 11) is 0. The van der Waals surface area contributed by atoms with Crippen LogP contribution in [0.2, 0.25) is 0 Å². The van der Waals surface area contributed by atoms with Crippen LogP contribution >= 0.6 is 0 Å². The Bertz CT molecular complexity index is 391. The van der Waals surface area contributed by atoms with Gasteiger partial charge in [0, 0.05) is 18.3 Å². The molecule has 1 atom stereocenters. The molecular formula is C15H26N4. The van der Waals surface area contributed by atoms with Gasteiger partial charge in [-0.25, -0.2) is 10.8 Å². The lowest BCUT2D eigenvalue weighted by atomic mass is 9.89. The van der Waals surface area contributed by atoms with Crippen LogP contribution < -0.4 is 11.3 Å². The summed E-state index contributed by atoms with van der Waals surface area (Å²) in [5.41, 5.74) is 3.88. The normalized spacial score (nSPS) is 21.4. The number of pyridine rings is 1. The third kappa shape index (κ3) is 3.91. The van der Waals surface area contributed by atoms with Crippen LogP contribution in [0.5, 0.6) is 0 Å². The molecule has 2 heterocycles. The van der Waals surface area contributed by atoms with Crippen molar-refractivity contribution in [1.29, 1.82) is 0 Å². The van der Waals surface area contributed by atoms with Gasteiger partial charge in [-0.05, 0) is 50.3 Å². The molecule has 1 fully saturated rings. The van der Waals surface area contributed by atoms with Crippen molar-refractivity contribution < 1.29 is 0 Å². The van der Waals surface area contributed by atoms with Crippen LogP contribution in [-0.2, 0) is 6.54 Å². The predicted octanol–water partition coefficient (Wildman–Crippen LogP) is 2.63. The molecule has 1 aliphatic rings. The van der Waals surface area contributed by atoms with Gasteiger partial charge < -0.3 is 5.43 Å². The molecule has 4 nitrogen and oxygen atoms in total. The van der Waals surface area contributed by atoms with E-state index in [1.807, 2.05) is 6.07 Å². The summed E-state index contributed by atoms with van der Waals surface area (Å²) >= 11 is 0. The molecule has 0 saturated carbocycles. The zero-order chi connectivity index (χ0) is 13.7. The fourth-order valence-electron chi connectivity index (χ4n) is 2.94. The highest BCUT2D eigenvalue weighted by Gasteiger charge is 2.20. The molecule has 1 aromatic heterocycles. The lowest BCUT2D eigenvalue weighted by Crippen LogP contribution is -2.25. The van der Waals surface area contributed by atoms with Crippen LogP contribution in [0.25, 0.3) is 0 Å². The quantitative estimate of drug-likeness (QED) is 0.647. The number of hydrogen-bond donors (Lipinski definition) is 2. The number of rotatable bonds is 4. The molecule has 19 heavy (non-hydrogen) atoms. The third-order valence-electron chi connectivity index (χ3n) is 4.23. The van der Waals surface area contributed by atoms with E-state index < -0.39 is 0 Å². The summed E-state index contributed by atoms with van der Waals surface area (Å²) in [6.07, 6.45) is 5.75. The van der Waals surface area contributed by atoms with Gasteiger partial charge in [-0.2, -0.15) is 0 Å². The lowest BCUT2D eigenvalue weighted by molar-refractivity contribution is 0.265. The average molecular weight is 262 g/mol. The first-order valence-electron chi connectivity index (χ1n) is 7.33. The summed E-state index contributed by atoms with van der Waals surface area (Å²) in [4.78, 5) is 6.79. The molecule has 1 aliphatic heterocycles. The Hall–Kier alpha value is -1.13. The van der Waals surface area contributed by atoms with Gasteiger partial charge in [0.05, 0.1) is 0 Å². The van der Waals surface area contributed by atoms with E-state index in [-0.39, 0.29) is 0 Å². The van der Waals surface area contributed by atoms with Crippen molar-refractivity contribution in [1.82, 2.24) is 9.88 Å². The van der Waals surface area contributed by atoms with E-state index in [0.29, 0.717) is 0 Å². The van der Waals surface area contributed by atoms with Gasteiger partial charge >= 0.3 is 0 Å². The summed E-state index contributed by atoms with van der Waals surface area (Å²) < 4.78 is 0. The van der Waals surface area contributed by atoms with Crippen LogP contribution in [0.3, 0.4) is 0 Å². The van der Waals surface area contributed by atoms with E-state index in [4.69, 9.17) is 5.84 Å². The zero-order valence-corrected chi connectivity index (χ0v) is 12.1. The molecule has 4 heteroatoms. The third-order valence-corrected chi connectivity index (χ3v) is 4.23. The molecular weight excluding hydrogens is 236 g/mol. The van der Waals surface area contributed by atoms with E-state index in [1.54, 1.807) is 6.20 Å². The van der Waals surface area contributed by atoms with E-state index in [9.17, 15) is 0 Å². The fraction of sp³-hybridized carbons (Fsp3) is 0.667. The summed E-state index contributed by atoms with van der Waals surface area (Å²) in [6.45, 7) is 8.00. The predicted molar refractivity (Wildman–Crippen MR) is 79.5 cm³/mol. The Kier molecular flexibility index (Phi) is 5.16. The first-order chi connectivity index (χ1) is 9.20. The maximum absolute atomic E-state index is 5.52. The molecule has 0 amide bonds. The first-order valence-corrected chi connectivity index (χ1v) is 7.33. The van der Waals surface area contributed by atoms with Gasteiger partial charge in [-0.1, -0.05) is 19.9 Å². The number of likely N-dealkylation sites (tertiary alicyclic amines) is 1. The monoisotopic (exact) mass is 262 g/mol. The SMILES string of the molecule is CC(C)C1CCCN(Cc2cccnc2NN)CC1. The van der Waals surface area contributed by atoms with E-state index in [1.165, 1.54) is 37.9 Å². The number of nitrogens with two attached hydrogens (primary N) is 1. The second-order valence-electron chi connectivity index (χ2n) is 5.87. The number of hydrogen-bond acceptors (Lipinski definition) is 4. The molecule has 3 N–H and O–H groups in total. The molecule has 1 saturated heterocycles. The van der Waals surface area contributed by atoms with Crippen molar-refractivity contribution in [2.45, 2.75) is 39.7 Å². The van der Waals surface area contributed by atoms with Crippen molar-refractivity contribution in [3.05, 3.63) is 23.9 Å². The van der Waals surface area contributed by atoms with Crippen LogP contribution in [0, 0.1) is 11.8 Å². The van der Waals surface area contributed by atoms with Crippen molar-refractivity contribution in [2.75, 3.05) is 18.5 Å². The number of aromatic nitrogens is 1. The Morgan fingerprint density at radius 3 is 3.00 bits per heavy atom. The second kappa shape index (κ2) is 6.87. The lowest BCUT2D eigenvalue weighted by Gasteiger charge is -2.22. The Morgan fingerprint density at radius 2 is 2.26 bits per heavy atom. The Morgan fingerprint density at radius 1 is 1.42 bits per heavy atom. The number of hydrazine groups is 1. The van der Waals surface area contributed by atoms with Crippen LogP contribution in [0.15, 0.2) is 18.3 Å². The molecule has 0 spiro atoms. The smallest absolute Gasteiger partial charge is 0.144 e. The molecule has 0 aliphatic carbocycles. The van der Waals surface area contributed by atoms with Gasteiger partial charge in [0.15, 0.2) is 0 Å². The maximum atomic E-state index is 5.52. The molecule has 106 valence electrons. The first kappa shape index (κ1) is 14.3. The Labute approximate surface area is 116 Å². The van der Waals surface area contributed by atoms with Crippen LogP contribution in [-0.4, -0.2) is 23.0 Å². The minimum atomic E-state index is 0.798. The van der Waals surface area contributed by atoms with E-state index in [2.05, 4.69) is 35.2 Å². The Balaban J connectivity index is 1.96. The van der Waals surface area contributed by atoms with E-state index >= 15 is 0 Å². The van der Waals surface area contributed by atoms with Gasteiger partial charge in [-0.3, -0.25) is 4.90 Å². The number of nitrogen functional groups attached to an aromatic ring is 1. The summed E-state index contributed by atoms with van der Waals surface area (Å²) in [6, 6.07) is 4.08. The molecule has 2 rings (SSSR count). The highest BCUT2D eigenvalue weighted by atomic mass is 15.3. The van der Waals surface area contributed by atoms with Crippen molar-refractivity contribution >= 4 is 5.82 Å². The van der Waals surface area contributed by atoms with Crippen molar-refractivity contribution in [2.24, 2.45) is 17.7 Å². The minimum absolute atomic E-state index is 0.798. The highest BCUT2D eigenvalue weighted by Crippen LogP contribution is 2.25. The molecule has 1 aromatic rings. The molecule has 0 aromatic carbocycles. The summed E-state index contributed by atoms with van der Waals surface area (Å²) in [5.74, 6) is 8.00. The highest BCUT2D eigenvalue weighted by molar-refractivity contribution is 5.42. The second-order valence-corrected chi connectivity index (χ2v) is 5.87. The van der Waals surface area contributed by atoms with Crippen LogP contribution in [0.1, 0.15) is 38.7 Å². The van der Waals surface area contributed by atoms with Gasteiger partial charge in [0.2, 0.25) is 0 Å². The van der Waals surface area contributed by atoms with Gasteiger partial charge in [0.1, 0.15) is 5.82 Å². The number of anilines is 1. The minimum Gasteiger partial charge on any atom is -0.308 e. The van der Waals surface area contributed by atoms with E-state index in [0.717, 1.165) is 24.2 Å². The fourth-order valence-corrected chi connectivity index (χ4v) is 2.94. The topological polar surface area (TPSA) is 54.2 Å². The largest absolute Gasteiger partial charge is 0.308 e. The molecule has 0 radical (unpaired) electrons. The van der Waals surface area contributed by atoms with Gasteiger partial charge in [-0.15, -0.1) is 0 Å². The average Bonchev–Trinajstić information content (AvgIpc) is 2.65.